The largest absolute Gasteiger partial charge is 0.424 e. The minimum atomic E-state index is 0.205. The molecule has 0 atom stereocenters. The molecule has 2 aliphatic heterocycles. The minimum absolute atomic E-state index is 0.205. The van der Waals surface area contributed by atoms with Crippen molar-refractivity contribution in [3.05, 3.63) is 47.5 Å². The molecule has 3 heterocycles. The SMILES string of the molecule is Cc1nc(C#N)c(N2CCN(C(=O)CN3CCC(CCc4ccccc4)CC3)CC2)o1. The average molecular weight is 422 g/mol. The first-order valence-corrected chi connectivity index (χ1v) is 11.3. The number of hydrogen-bond acceptors (Lipinski definition) is 6. The molecule has 2 fully saturated rings. The van der Waals surface area contributed by atoms with Gasteiger partial charge in [-0.05, 0) is 50.3 Å². The van der Waals surface area contributed by atoms with Crippen LogP contribution in [0, 0.1) is 24.2 Å². The second-order valence-electron chi connectivity index (χ2n) is 8.61. The number of benzene rings is 1. The van der Waals surface area contributed by atoms with Crippen molar-refractivity contribution < 1.29 is 9.21 Å². The zero-order valence-corrected chi connectivity index (χ0v) is 18.3. The molecule has 2 aromatic rings. The summed E-state index contributed by atoms with van der Waals surface area (Å²) in [5, 5.41) is 9.23. The number of nitriles is 1. The standard InChI is InChI=1S/C24H31N5O2/c1-19-26-22(17-25)24(31-19)29-15-13-28(14-16-29)23(30)18-27-11-9-21(10-12-27)8-7-20-5-3-2-4-6-20/h2-6,21H,7-16,18H2,1H3. The second-order valence-corrected chi connectivity index (χ2v) is 8.61. The van der Waals surface area contributed by atoms with Gasteiger partial charge < -0.3 is 14.2 Å². The molecule has 1 aromatic heterocycles. The Morgan fingerprint density at radius 3 is 2.52 bits per heavy atom. The molecule has 7 heteroatoms. The van der Waals surface area contributed by atoms with Gasteiger partial charge in [0, 0.05) is 33.1 Å². The molecule has 0 unspecified atom stereocenters. The lowest BCUT2D eigenvalue weighted by Crippen LogP contribution is -2.52. The Morgan fingerprint density at radius 1 is 1.13 bits per heavy atom. The van der Waals surface area contributed by atoms with E-state index in [1.165, 1.54) is 24.8 Å². The summed E-state index contributed by atoms with van der Waals surface area (Å²) in [6, 6.07) is 12.8. The molecule has 4 rings (SSSR count). The Labute approximate surface area is 184 Å². The van der Waals surface area contributed by atoms with E-state index in [9.17, 15) is 10.1 Å². The normalized spacial score (nSPS) is 18.2. The highest BCUT2D eigenvalue weighted by atomic mass is 16.4. The Hall–Kier alpha value is -2.85. The van der Waals surface area contributed by atoms with Crippen LogP contribution in [0.4, 0.5) is 5.88 Å². The summed E-state index contributed by atoms with van der Waals surface area (Å²) >= 11 is 0. The van der Waals surface area contributed by atoms with Gasteiger partial charge in [-0.3, -0.25) is 9.69 Å². The first-order valence-electron chi connectivity index (χ1n) is 11.3. The lowest BCUT2D eigenvalue weighted by molar-refractivity contribution is -0.133. The Morgan fingerprint density at radius 2 is 1.84 bits per heavy atom. The fourth-order valence-electron chi connectivity index (χ4n) is 4.60. The van der Waals surface area contributed by atoms with Crippen molar-refractivity contribution in [3.63, 3.8) is 0 Å². The van der Waals surface area contributed by atoms with Gasteiger partial charge in [0.1, 0.15) is 6.07 Å². The molecule has 2 aliphatic rings. The fraction of sp³-hybridized carbons (Fsp3) is 0.542. The van der Waals surface area contributed by atoms with Gasteiger partial charge in [-0.2, -0.15) is 5.26 Å². The molecule has 2 saturated heterocycles. The molecule has 0 N–H and O–H groups in total. The van der Waals surface area contributed by atoms with Crippen molar-refractivity contribution in [1.29, 1.82) is 5.26 Å². The number of anilines is 1. The van der Waals surface area contributed by atoms with Crippen molar-refractivity contribution in [3.8, 4) is 6.07 Å². The third-order valence-electron chi connectivity index (χ3n) is 6.49. The quantitative estimate of drug-likeness (QED) is 0.714. The first kappa shape index (κ1) is 21.4. The summed E-state index contributed by atoms with van der Waals surface area (Å²) in [6.07, 6.45) is 4.73. The third-order valence-corrected chi connectivity index (χ3v) is 6.49. The van der Waals surface area contributed by atoms with Crippen molar-refractivity contribution in [1.82, 2.24) is 14.8 Å². The maximum atomic E-state index is 12.8. The average Bonchev–Trinajstić information content (AvgIpc) is 3.20. The van der Waals surface area contributed by atoms with Crippen LogP contribution in [0.25, 0.3) is 0 Å². The summed E-state index contributed by atoms with van der Waals surface area (Å²) in [5.41, 5.74) is 1.74. The summed E-state index contributed by atoms with van der Waals surface area (Å²) in [4.78, 5) is 23.2. The van der Waals surface area contributed by atoms with Crippen LogP contribution < -0.4 is 4.90 Å². The molecule has 31 heavy (non-hydrogen) atoms. The summed E-state index contributed by atoms with van der Waals surface area (Å²) in [6.45, 7) is 6.90. The van der Waals surface area contributed by atoms with Gasteiger partial charge in [0.25, 0.3) is 0 Å². The summed E-state index contributed by atoms with van der Waals surface area (Å²) in [5.74, 6) is 1.99. The number of likely N-dealkylation sites (tertiary alicyclic amines) is 1. The van der Waals surface area contributed by atoms with Gasteiger partial charge in [-0.25, -0.2) is 4.98 Å². The molecule has 0 bridgehead atoms. The van der Waals surface area contributed by atoms with E-state index >= 15 is 0 Å². The lowest BCUT2D eigenvalue weighted by Gasteiger charge is -2.37. The maximum Gasteiger partial charge on any atom is 0.236 e. The number of aryl methyl sites for hydroxylation is 2. The van der Waals surface area contributed by atoms with Crippen molar-refractivity contribution >= 4 is 11.8 Å². The van der Waals surface area contributed by atoms with Crippen LogP contribution in [0.5, 0.6) is 0 Å². The highest BCUT2D eigenvalue weighted by Gasteiger charge is 2.27. The van der Waals surface area contributed by atoms with Crippen LogP contribution in [-0.2, 0) is 11.2 Å². The van der Waals surface area contributed by atoms with E-state index < -0.39 is 0 Å². The lowest BCUT2D eigenvalue weighted by atomic mass is 9.90. The molecule has 7 nitrogen and oxygen atoms in total. The van der Waals surface area contributed by atoms with Crippen molar-refractivity contribution in [2.24, 2.45) is 5.92 Å². The molecular formula is C24H31N5O2. The highest BCUT2D eigenvalue weighted by Crippen LogP contribution is 2.24. The van der Waals surface area contributed by atoms with Gasteiger partial charge in [0.05, 0.1) is 6.54 Å². The van der Waals surface area contributed by atoms with E-state index in [0.717, 1.165) is 25.4 Å². The van der Waals surface area contributed by atoms with E-state index in [2.05, 4.69) is 46.3 Å². The number of piperidine rings is 1. The smallest absolute Gasteiger partial charge is 0.236 e. The zero-order valence-electron chi connectivity index (χ0n) is 18.3. The van der Waals surface area contributed by atoms with Crippen molar-refractivity contribution in [2.45, 2.75) is 32.6 Å². The minimum Gasteiger partial charge on any atom is -0.424 e. The number of piperazine rings is 1. The molecule has 0 aliphatic carbocycles. The highest BCUT2D eigenvalue weighted by molar-refractivity contribution is 5.78. The van der Waals surface area contributed by atoms with Crippen LogP contribution in [0.3, 0.4) is 0 Å². The van der Waals surface area contributed by atoms with Gasteiger partial charge in [0.15, 0.2) is 5.89 Å². The van der Waals surface area contributed by atoms with Crippen LogP contribution in [0.1, 0.15) is 36.4 Å². The first-order chi connectivity index (χ1) is 15.1. The predicted octanol–water partition coefficient (Wildman–Crippen LogP) is 2.85. The van der Waals surface area contributed by atoms with Crippen LogP contribution in [0.15, 0.2) is 34.7 Å². The number of carbonyl (C=O) groups is 1. The molecule has 0 saturated carbocycles. The van der Waals surface area contributed by atoms with E-state index in [1.54, 1.807) is 6.92 Å². The molecule has 0 radical (unpaired) electrons. The molecule has 164 valence electrons. The number of rotatable bonds is 6. The zero-order chi connectivity index (χ0) is 21.6. The van der Waals surface area contributed by atoms with Gasteiger partial charge in [-0.15, -0.1) is 0 Å². The van der Waals surface area contributed by atoms with Gasteiger partial charge in [-0.1, -0.05) is 30.3 Å². The number of aromatic nitrogens is 1. The molecule has 1 amide bonds. The topological polar surface area (TPSA) is 76.6 Å². The molecular weight excluding hydrogens is 390 g/mol. The van der Waals surface area contributed by atoms with Crippen molar-refractivity contribution in [2.75, 3.05) is 50.7 Å². The van der Waals surface area contributed by atoms with E-state index in [4.69, 9.17) is 4.42 Å². The molecule has 0 spiro atoms. The third kappa shape index (κ3) is 5.45. The van der Waals surface area contributed by atoms with Crippen LogP contribution in [-0.4, -0.2) is 66.5 Å². The van der Waals surface area contributed by atoms with Crippen LogP contribution >= 0.6 is 0 Å². The number of carbonyl (C=O) groups excluding carboxylic acids is 1. The number of amides is 1. The Kier molecular flexibility index (Phi) is 6.88. The Bertz CT molecular complexity index is 904. The number of hydrogen-bond donors (Lipinski definition) is 0. The second kappa shape index (κ2) is 9.97. The predicted molar refractivity (Wildman–Crippen MR) is 119 cm³/mol. The van der Waals surface area contributed by atoms with E-state index in [1.807, 2.05) is 9.80 Å². The number of oxazole rings is 1. The summed E-state index contributed by atoms with van der Waals surface area (Å²) in [7, 11) is 0. The Balaban J connectivity index is 1.18. The van der Waals surface area contributed by atoms with Gasteiger partial charge in [0.2, 0.25) is 17.5 Å². The molecule has 1 aromatic carbocycles. The van der Waals surface area contributed by atoms with E-state index in [0.29, 0.717) is 50.2 Å². The fourth-order valence-corrected chi connectivity index (χ4v) is 4.60. The van der Waals surface area contributed by atoms with E-state index in [-0.39, 0.29) is 5.91 Å². The monoisotopic (exact) mass is 421 g/mol. The summed E-state index contributed by atoms with van der Waals surface area (Å²) < 4.78 is 5.60. The maximum absolute atomic E-state index is 12.8. The van der Waals surface area contributed by atoms with Crippen LogP contribution in [0.2, 0.25) is 0 Å². The van der Waals surface area contributed by atoms with Gasteiger partial charge >= 0.3 is 0 Å². The number of nitrogens with zero attached hydrogens (tertiary/aromatic N) is 5.